The summed E-state index contributed by atoms with van der Waals surface area (Å²) in [6.45, 7) is 2.33. The van der Waals surface area contributed by atoms with E-state index in [0.717, 1.165) is 35.0 Å². The summed E-state index contributed by atoms with van der Waals surface area (Å²) in [6.07, 6.45) is 19.0. The molecule has 2 aromatic carbocycles. The second-order valence-corrected chi connectivity index (χ2v) is 11.3. The van der Waals surface area contributed by atoms with Gasteiger partial charge in [-0.15, -0.1) is 0 Å². The van der Waals surface area contributed by atoms with Gasteiger partial charge in [-0.1, -0.05) is 63.3 Å². The molecule has 3 saturated carbocycles. The topological polar surface area (TPSA) is 0 Å². The van der Waals surface area contributed by atoms with Crippen LogP contribution in [0.2, 0.25) is 0 Å². The lowest BCUT2D eigenvalue weighted by atomic mass is 9.60. The lowest BCUT2D eigenvalue weighted by Crippen LogP contribution is -2.34. The maximum atomic E-state index is 13.5. The normalized spacial score (nSPS) is 33.9. The predicted molar refractivity (Wildman–Crippen MR) is 130 cm³/mol. The van der Waals surface area contributed by atoms with Crippen LogP contribution in [0.1, 0.15) is 102 Å². The fraction of sp³-hybridized carbons (Fsp3) is 0.667. The maximum Gasteiger partial charge on any atom is 0.123 e. The molecule has 0 saturated heterocycles. The molecule has 0 nitrogen and oxygen atoms in total. The van der Waals surface area contributed by atoms with E-state index in [4.69, 9.17) is 0 Å². The first-order chi connectivity index (χ1) is 15.2. The summed E-state index contributed by atoms with van der Waals surface area (Å²) >= 11 is 0. The molecule has 0 bridgehead atoms. The Morgan fingerprint density at radius 1 is 0.710 bits per heavy atom. The van der Waals surface area contributed by atoms with Crippen molar-refractivity contribution in [1.29, 1.82) is 0 Å². The van der Waals surface area contributed by atoms with Gasteiger partial charge in [-0.2, -0.15) is 0 Å². The molecule has 4 unspecified atom stereocenters. The minimum Gasteiger partial charge on any atom is -0.207 e. The molecule has 0 N–H and O–H groups in total. The zero-order valence-corrected chi connectivity index (χ0v) is 19.5. The molecule has 3 aliphatic rings. The summed E-state index contributed by atoms with van der Waals surface area (Å²) in [5, 5.41) is 2.22. The standard InChI is InChI=1S/C30H41F/c1-2-3-4-21-5-7-22(8-6-21)23-9-10-25-18-26(12-11-24(25)17-23)27-13-14-29-20-30(31)16-15-28(29)19-27/h13-16,19-26H,2-12,17-18H2,1H3. The number of halogens is 1. The van der Waals surface area contributed by atoms with Gasteiger partial charge in [0.15, 0.2) is 0 Å². The van der Waals surface area contributed by atoms with E-state index in [1.54, 1.807) is 12.1 Å². The van der Waals surface area contributed by atoms with Crippen LogP contribution >= 0.6 is 0 Å². The van der Waals surface area contributed by atoms with Gasteiger partial charge < -0.3 is 0 Å². The molecule has 3 aliphatic carbocycles. The van der Waals surface area contributed by atoms with E-state index < -0.39 is 0 Å². The van der Waals surface area contributed by atoms with Gasteiger partial charge in [-0.05, 0) is 115 Å². The Morgan fingerprint density at radius 2 is 1.35 bits per heavy atom. The summed E-state index contributed by atoms with van der Waals surface area (Å²) in [4.78, 5) is 0. The van der Waals surface area contributed by atoms with Gasteiger partial charge in [0.2, 0.25) is 0 Å². The van der Waals surface area contributed by atoms with E-state index in [-0.39, 0.29) is 5.82 Å². The van der Waals surface area contributed by atoms with Crippen molar-refractivity contribution < 1.29 is 4.39 Å². The van der Waals surface area contributed by atoms with Gasteiger partial charge in [0.1, 0.15) is 5.82 Å². The SMILES string of the molecule is CCCCC1CCC(C2CCC3CC(c4ccc5cc(F)ccc5c4)CCC3C2)CC1. The van der Waals surface area contributed by atoms with E-state index in [1.165, 1.54) is 94.4 Å². The Labute approximate surface area is 189 Å². The monoisotopic (exact) mass is 420 g/mol. The molecule has 4 atom stereocenters. The Morgan fingerprint density at radius 3 is 2.16 bits per heavy atom. The molecule has 2 aromatic rings. The average Bonchev–Trinajstić information content (AvgIpc) is 2.82. The van der Waals surface area contributed by atoms with Crippen LogP contribution in [0.15, 0.2) is 36.4 Å². The van der Waals surface area contributed by atoms with E-state index in [9.17, 15) is 4.39 Å². The minimum absolute atomic E-state index is 0.132. The third kappa shape index (κ3) is 4.86. The minimum atomic E-state index is -0.132. The van der Waals surface area contributed by atoms with E-state index in [2.05, 4.69) is 25.1 Å². The molecule has 1 heteroatoms. The summed E-state index contributed by atoms with van der Waals surface area (Å²) in [7, 11) is 0. The van der Waals surface area contributed by atoms with Gasteiger partial charge in [0.25, 0.3) is 0 Å². The molecule has 168 valence electrons. The first-order valence-electron chi connectivity index (χ1n) is 13.4. The van der Waals surface area contributed by atoms with E-state index in [0.29, 0.717) is 5.92 Å². The molecule has 3 fully saturated rings. The van der Waals surface area contributed by atoms with Crippen molar-refractivity contribution >= 4 is 10.8 Å². The van der Waals surface area contributed by atoms with Crippen LogP contribution in [0.25, 0.3) is 10.8 Å². The summed E-state index contributed by atoms with van der Waals surface area (Å²) in [6, 6.07) is 11.9. The summed E-state index contributed by atoms with van der Waals surface area (Å²) in [5.41, 5.74) is 1.49. The highest BCUT2D eigenvalue weighted by Crippen LogP contribution is 2.51. The highest BCUT2D eigenvalue weighted by atomic mass is 19.1. The number of fused-ring (bicyclic) bond motifs is 2. The molecular formula is C30H41F. The van der Waals surface area contributed by atoms with Gasteiger partial charge in [-0.3, -0.25) is 0 Å². The molecule has 0 radical (unpaired) electrons. The fourth-order valence-electron chi connectivity index (χ4n) is 7.59. The van der Waals surface area contributed by atoms with Crippen molar-refractivity contribution in [3.63, 3.8) is 0 Å². The van der Waals surface area contributed by atoms with Crippen LogP contribution in [0.5, 0.6) is 0 Å². The Hall–Kier alpha value is -1.37. The first-order valence-corrected chi connectivity index (χ1v) is 13.4. The molecular weight excluding hydrogens is 379 g/mol. The summed E-state index contributed by atoms with van der Waals surface area (Å²) in [5.74, 6) is 5.62. The molecule has 0 amide bonds. The van der Waals surface area contributed by atoms with Crippen molar-refractivity contribution in [1.82, 2.24) is 0 Å². The first kappa shape index (κ1) is 21.5. The number of rotatable bonds is 5. The second kappa shape index (κ2) is 9.63. The predicted octanol–water partition coefficient (Wildman–Crippen LogP) is 9.28. The average molecular weight is 421 g/mol. The van der Waals surface area contributed by atoms with Gasteiger partial charge in [0.05, 0.1) is 0 Å². The van der Waals surface area contributed by atoms with Gasteiger partial charge >= 0.3 is 0 Å². The lowest BCUT2D eigenvalue weighted by Gasteiger charge is -2.45. The van der Waals surface area contributed by atoms with E-state index >= 15 is 0 Å². The van der Waals surface area contributed by atoms with Crippen LogP contribution in [0, 0.1) is 35.4 Å². The van der Waals surface area contributed by atoms with Crippen LogP contribution in [-0.2, 0) is 0 Å². The Kier molecular flexibility index (Phi) is 6.67. The number of hydrogen-bond donors (Lipinski definition) is 0. The largest absolute Gasteiger partial charge is 0.207 e. The molecule has 5 rings (SSSR count). The summed E-state index contributed by atoms with van der Waals surface area (Å²) < 4.78 is 13.5. The van der Waals surface area contributed by atoms with Gasteiger partial charge in [0, 0.05) is 0 Å². The van der Waals surface area contributed by atoms with Crippen molar-refractivity contribution in [3.05, 3.63) is 47.8 Å². The molecule has 31 heavy (non-hydrogen) atoms. The van der Waals surface area contributed by atoms with Crippen molar-refractivity contribution in [2.75, 3.05) is 0 Å². The highest BCUT2D eigenvalue weighted by Gasteiger charge is 2.39. The third-order valence-electron chi connectivity index (χ3n) is 9.48. The van der Waals surface area contributed by atoms with Crippen LogP contribution in [0.4, 0.5) is 4.39 Å². The lowest BCUT2D eigenvalue weighted by molar-refractivity contribution is 0.0711. The Balaban J connectivity index is 1.16. The van der Waals surface area contributed by atoms with E-state index in [1.807, 2.05) is 6.07 Å². The number of benzene rings is 2. The van der Waals surface area contributed by atoms with Crippen molar-refractivity contribution in [2.45, 2.75) is 96.3 Å². The van der Waals surface area contributed by atoms with Crippen LogP contribution < -0.4 is 0 Å². The third-order valence-corrected chi connectivity index (χ3v) is 9.48. The van der Waals surface area contributed by atoms with Crippen LogP contribution in [0.3, 0.4) is 0 Å². The molecule has 0 heterocycles. The number of unbranched alkanes of at least 4 members (excludes halogenated alkanes) is 1. The van der Waals surface area contributed by atoms with Gasteiger partial charge in [-0.25, -0.2) is 4.39 Å². The molecule has 0 aromatic heterocycles. The molecule has 0 aliphatic heterocycles. The quantitative estimate of drug-likeness (QED) is 0.452. The van der Waals surface area contributed by atoms with Crippen LogP contribution in [-0.4, -0.2) is 0 Å². The van der Waals surface area contributed by atoms with Crippen molar-refractivity contribution in [2.24, 2.45) is 29.6 Å². The maximum absolute atomic E-state index is 13.5. The fourth-order valence-corrected chi connectivity index (χ4v) is 7.59. The molecule has 0 spiro atoms. The van der Waals surface area contributed by atoms with Crippen molar-refractivity contribution in [3.8, 4) is 0 Å². The zero-order chi connectivity index (χ0) is 21.2. The zero-order valence-electron chi connectivity index (χ0n) is 19.5. The highest BCUT2D eigenvalue weighted by molar-refractivity contribution is 5.83. The number of hydrogen-bond acceptors (Lipinski definition) is 0. The second-order valence-electron chi connectivity index (χ2n) is 11.3. The smallest absolute Gasteiger partial charge is 0.123 e. The Bertz CT molecular complexity index is 862.